The standard InChI is InChI=1S/C24H33N3O2S/c1-15(2)21(19-11-9-18(10-12-19)17-7-5-4-6-8-17)26-16(3)23(29)27-24-20(22(25)28)13-14-30-24/h9-17,21,26H,4-8H2,1-3H3,(H2,25,28)(H,27,29). The lowest BCUT2D eigenvalue weighted by atomic mass is 9.83. The smallest absolute Gasteiger partial charge is 0.251 e. The van der Waals surface area contributed by atoms with Crippen LogP contribution in [0.3, 0.4) is 0 Å². The molecule has 1 aliphatic rings. The lowest BCUT2D eigenvalue weighted by molar-refractivity contribution is -0.118. The lowest BCUT2D eigenvalue weighted by Crippen LogP contribution is -2.41. The fourth-order valence-corrected chi connectivity index (χ4v) is 5.05. The van der Waals surface area contributed by atoms with Crippen molar-refractivity contribution in [3.63, 3.8) is 0 Å². The van der Waals surface area contributed by atoms with Crippen molar-refractivity contribution in [2.45, 2.75) is 70.9 Å². The van der Waals surface area contributed by atoms with Crippen molar-refractivity contribution in [2.75, 3.05) is 5.32 Å². The maximum atomic E-state index is 12.7. The number of carbonyl (C=O) groups excluding carboxylic acids is 2. The Hall–Kier alpha value is -2.18. The van der Waals surface area contributed by atoms with Crippen LogP contribution in [0.5, 0.6) is 0 Å². The highest BCUT2D eigenvalue weighted by Gasteiger charge is 2.24. The first-order valence-corrected chi connectivity index (χ1v) is 11.8. The molecule has 30 heavy (non-hydrogen) atoms. The minimum Gasteiger partial charge on any atom is -0.366 e. The molecule has 2 amide bonds. The summed E-state index contributed by atoms with van der Waals surface area (Å²) in [5.41, 5.74) is 8.35. The number of hydrogen-bond donors (Lipinski definition) is 3. The molecule has 3 rings (SSSR count). The fourth-order valence-electron chi connectivity index (χ4n) is 4.25. The van der Waals surface area contributed by atoms with Crippen LogP contribution in [-0.4, -0.2) is 17.9 Å². The summed E-state index contributed by atoms with van der Waals surface area (Å²) < 4.78 is 0. The van der Waals surface area contributed by atoms with Crippen molar-refractivity contribution < 1.29 is 9.59 Å². The Labute approximate surface area is 183 Å². The molecule has 1 aliphatic carbocycles. The number of thiophene rings is 1. The van der Waals surface area contributed by atoms with Gasteiger partial charge in [-0.2, -0.15) is 0 Å². The molecule has 2 aromatic rings. The zero-order chi connectivity index (χ0) is 21.7. The summed E-state index contributed by atoms with van der Waals surface area (Å²) in [6.07, 6.45) is 6.60. The van der Waals surface area contributed by atoms with Crippen molar-refractivity contribution in [3.8, 4) is 0 Å². The second-order valence-corrected chi connectivity index (χ2v) is 9.54. The van der Waals surface area contributed by atoms with E-state index in [-0.39, 0.29) is 11.9 Å². The van der Waals surface area contributed by atoms with Gasteiger partial charge in [-0.25, -0.2) is 0 Å². The van der Waals surface area contributed by atoms with Gasteiger partial charge in [0.15, 0.2) is 0 Å². The number of amides is 2. The quantitative estimate of drug-likeness (QED) is 0.541. The molecule has 1 heterocycles. The van der Waals surface area contributed by atoms with E-state index in [1.807, 2.05) is 6.92 Å². The molecule has 2 unspecified atom stereocenters. The van der Waals surface area contributed by atoms with Crippen molar-refractivity contribution in [2.24, 2.45) is 11.7 Å². The normalized spacial score (nSPS) is 16.9. The van der Waals surface area contributed by atoms with E-state index in [0.29, 0.717) is 22.4 Å². The molecule has 162 valence electrons. The number of primary amides is 1. The second-order valence-electron chi connectivity index (χ2n) is 8.63. The van der Waals surface area contributed by atoms with Crippen LogP contribution in [0.15, 0.2) is 35.7 Å². The number of carbonyl (C=O) groups is 2. The van der Waals surface area contributed by atoms with Crippen molar-refractivity contribution in [1.82, 2.24) is 5.32 Å². The van der Waals surface area contributed by atoms with E-state index in [1.54, 1.807) is 11.4 Å². The second kappa shape index (κ2) is 10.2. The van der Waals surface area contributed by atoms with Crippen LogP contribution in [0.2, 0.25) is 0 Å². The molecular weight excluding hydrogens is 394 g/mol. The average molecular weight is 428 g/mol. The van der Waals surface area contributed by atoms with Crippen LogP contribution in [0.4, 0.5) is 5.00 Å². The third-order valence-electron chi connectivity index (χ3n) is 6.03. The average Bonchev–Trinajstić information content (AvgIpc) is 3.21. The van der Waals surface area contributed by atoms with E-state index in [0.717, 1.165) is 0 Å². The highest BCUT2D eigenvalue weighted by molar-refractivity contribution is 7.14. The molecule has 5 nitrogen and oxygen atoms in total. The van der Waals surface area contributed by atoms with Gasteiger partial charge in [-0.05, 0) is 54.2 Å². The van der Waals surface area contributed by atoms with Gasteiger partial charge in [0.1, 0.15) is 5.00 Å². The van der Waals surface area contributed by atoms with Crippen LogP contribution in [0.25, 0.3) is 0 Å². The Balaban J connectivity index is 1.66. The first-order valence-electron chi connectivity index (χ1n) is 10.9. The largest absolute Gasteiger partial charge is 0.366 e. The molecule has 1 fully saturated rings. The highest BCUT2D eigenvalue weighted by atomic mass is 32.1. The lowest BCUT2D eigenvalue weighted by Gasteiger charge is -2.27. The Kier molecular flexibility index (Phi) is 7.67. The van der Waals surface area contributed by atoms with Gasteiger partial charge < -0.3 is 11.1 Å². The van der Waals surface area contributed by atoms with Crippen molar-refractivity contribution >= 4 is 28.2 Å². The molecular formula is C24H33N3O2S. The van der Waals surface area contributed by atoms with Crippen molar-refractivity contribution in [3.05, 3.63) is 52.4 Å². The molecule has 4 N–H and O–H groups in total. The minimum absolute atomic E-state index is 0.0603. The molecule has 0 spiro atoms. The predicted molar refractivity (Wildman–Crippen MR) is 124 cm³/mol. The Morgan fingerprint density at radius 1 is 1.03 bits per heavy atom. The van der Waals surface area contributed by atoms with E-state index in [2.05, 4.69) is 48.7 Å². The molecule has 0 bridgehead atoms. The molecule has 1 aromatic carbocycles. The molecule has 0 saturated heterocycles. The van der Waals surface area contributed by atoms with E-state index in [1.165, 1.54) is 54.6 Å². The maximum absolute atomic E-state index is 12.7. The fraction of sp³-hybridized carbons (Fsp3) is 0.500. The summed E-state index contributed by atoms with van der Waals surface area (Å²) in [5.74, 6) is 0.298. The van der Waals surface area contributed by atoms with Crippen LogP contribution in [0.1, 0.15) is 86.3 Å². The van der Waals surface area contributed by atoms with Gasteiger partial charge >= 0.3 is 0 Å². The van der Waals surface area contributed by atoms with Gasteiger partial charge in [-0.1, -0.05) is 57.4 Å². The third-order valence-corrected chi connectivity index (χ3v) is 6.86. The third kappa shape index (κ3) is 5.49. The van der Waals surface area contributed by atoms with Gasteiger partial charge in [0.05, 0.1) is 11.6 Å². The molecule has 6 heteroatoms. The Morgan fingerprint density at radius 2 is 1.70 bits per heavy atom. The summed E-state index contributed by atoms with van der Waals surface area (Å²) in [7, 11) is 0. The first-order chi connectivity index (χ1) is 14.4. The zero-order valence-electron chi connectivity index (χ0n) is 18.1. The SMILES string of the molecule is CC(NC(c1ccc(C2CCCCC2)cc1)C(C)C)C(=O)Nc1sccc1C(N)=O. The summed E-state index contributed by atoms with van der Waals surface area (Å²) in [6, 6.07) is 10.2. The molecule has 0 aliphatic heterocycles. The van der Waals surface area contributed by atoms with E-state index >= 15 is 0 Å². The number of benzene rings is 1. The van der Waals surface area contributed by atoms with Gasteiger partial charge in [-0.3, -0.25) is 14.9 Å². The molecule has 0 radical (unpaired) electrons. The molecule has 1 saturated carbocycles. The topological polar surface area (TPSA) is 84.2 Å². The zero-order valence-corrected chi connectivity index (χ0v) is 18.9. The van der Waals surface area contributed by atoms with Gasteiger partial charge in [-0.15, -0.1) is 11.3 Å². The summed E-state index contributed by atoms with van der Waals surface area (Å²) in [5, 5.41) is 8.55. The van der Waals surface area contributed by atoms with Crippen LogP contribution in [0, 0.1) is 5.92 Å². The molecule has 1 aromatic heterocycles. The monoisotopic (exact) mass is 427 g/mol. The number of hydrogen-bond acceptors (Lipinski definition) is 4. The van der Waals surface area contributed by atoms with Gasteiger partial charge in [0.2, 0.25) is 5.91 Å². The number of nitrogens with two attached hydrogens (primary N) is 1. The number of rotatable bonds is 8. The van der Waals surface area contributed by atoms with E-state index < -0.39 is 11.9 Å². The summed E-state index contributed by atoms with van der Waals surface area (Å²) >= 11 is 1.30. The van der Waals surface area contributed by atoms with Crippen LogP contribution < -0.4 is 16.4 Å². The first kappa shape index (κ1) is 22.5. The van der Waals surface area contributed by atoms with E-state index in [4.69, 9.17) is 5.73 Å². The molecule has 2 atom stereocenters. The summed E-state index contributed by atoms with van der Waals surface area (Å²) in [4.78, 5) is 24.2. The van der Waals surface area contributed by atoms with E-state index in [9.17, 15) is 9.59 Å². The van der Waals surface area contributed by atoms with Gasteiger partial charge in [0.25, 0.3) is 5.91 Å². The Bertz CT molecular complexity index is 854. The summed E-state index contributed by atoms with van der Waals surface area (Å²) in [6.45, 7) is 6.16. The van der Waals surface area contributed by atoms with Crippen molar-refractivity contribution in [1.29, 1.82) is 0 Å². The van der Waals surface area contributed by atoms with Crippen LogP contribution in [-0.2, 0) is 4.79 Å². The highest BCUT2D eigenvalue weighted by Crippen LogP contribution is 2.33. The number of nitrogens with one attached hydrogen (secondary N) is 2. The Morgan fingerprint density at radius 3 is 2.30 bits per heavy atom. The number of anilines is 1. The van der Waals surface area contributed by atoms with Crippen LogP contribution >= 0.6 is 11.3 Å². The predicted octanol–water partition coefficient (Wildman–Crippen LogP) is 5.21. The minimum atomic E-state index is -0.537. The maximum Gasteiger partial charge on any atom is 0.251 e. The van der Waals surface area contributed by atoms with Gasteiger partial charge in [0, 0.05) is 6.04 Å².